The van der Waals surface area contributed by atoms with E-state index in [1.54, 1.807) is 17.8 Å². The van der Waals surface area contributed by atoms with E-state index in [-0.39, 0.29) is 5.91 Å². The molecule has 3 heterocycles. The first-order chi connectivity index (χ1) is 13.2. The Bertz CT molecular complexity index is 750. The summed E-state index contributed by atoms with van der Waals surface area (Å²) in [5.41, 5.74) is 2.31. The number of aromatic nitrogens is 3. The Morgan fingerprint density at radius 3 is 2.59 bits per heavy atom. The van der Waals surface area contributed by atoms with Crippen LogP contribution in [0.5, 0.6) is 0 Å². The number of hydrogen-bond acceptors (Lipinski definition) is 6. The number of amides is 1. The molecule has 8 nitrogen and oxygen atoms in total. The average molecular weight is 374 g/mol. The first kappa shape index (κ1) is 19.7. The molecule has 3 rings (SSSR count). The molecule has 0 aromatic carbocycles. The molecule has 1 amide bonds. The average Bonchev–Trinajstić information content (AvgIpc) is 3.13. The molecular weight excluding hydrogens is 344 g/mol. The number of piperazine rings is 1. The van der Waals surface area contributed by atoms with Gasteiger partial charge < -0.3 is 9.64 Å². The Morgan fingerprint density at radius 2 is 1.93 bits per heavy atom. The van der Waals surface area contributed by atoms with Crippen LogP contribution in [0.3, 0.4) is 0 Å². The molecule has 0 aliphatic carbocycles. The molecular formula is C19H30N6O2. The molecule has 27 heavy (non-hydrogen) atoms. The third kappa shape index (κ3) is 4.63. The Labute approximate surface area is 160 Å². The summed E-state index contributed by atoms with van der Waals surface area (Å²) in [6.07, 6.45) is 5.47. The highest BCUT2D eigenvalue weighted by molar-refractivity contribution is 5.99. The topological polar surface area (TPSA) is 66.2 Å². The van der Waals surface area contributed by atoms with Crippen LogP contribution in [0.4, 0.5) is 0 Å². The number of hydrogen-bond donors (Lipinski definition) is 0. The van der Waals surface area contributed by atoms with Gasteiger partial charge in [-0.15, -0.1) is 0 Å². The fourth-order valence-electron chi connectivity index (χ4n) is 3.42. The fraction of sp³-hybridized carbons (Fsp3) is 0.632. The molecule has 2 aromatic rings. The highest BCUT2D eigenvalue weighted by Crippen LogP contribution is 2.14. The van der Waals surface area contributed by atoms with E-state index >= 15 is 0 Å². The molecule has 0 bridgehead atoms. The van der Waals surface area contributed by atoms with Crippen LogP contribution in [0.25, 0.3) is 5.65 Å². The van der Waals surface area contributed by atoms with Crippen molar-refractivity contribution in [3.8, 4) is 0 Å². The zero-order valence-electron chi connectivity index (χ0n) is 16.6. The highest BCUT2D eigenvalue weighted by atomic mass is 16.5. The maximum absolute atomic E-state index is 12.9. The SMILES string of the molecule is CCN(CC)Cc1cnc2c(C(=O)N3CCN(CCOC)CC3)cnn2c1. The summed E-state index contributed by atoms with van der Waals surface area (Å²) < 4.78 is 6.85. The van der Waals surface area contributed by atoms with E-state index in [4.69, 9.17) is 4.74 Å². The molecule has 0 spiro atoms. The van der Waals surface area contributed by atoms with Crippen LogP contribution >= 0.6 is 0 Å². The third-order valence-corrected chi connectivity index (χ3v) is 5.21. The van der Waals surface area contributed by atoms with E-state index in [0.29, 0.717) is 11.2 Å². The summed E-state index contributed by atoms with van der Waals surface area (Å²) in [4.78, 5) is 24.0. The van der Waals surface area contributed by atoms with Crippen LogP contribution in [-0.4, -0.2) is 94.7 Å². The van der Waals surface area contributed by atoms with Gasteiger partial charge in [-0.25, -0.2) is 9.50 Å². The second-order valence-electron chi connectivity index (χ2n) is 6.88. The molecule has 0 saturated carbocycles. The van der Waals surface area contributed by atoms with Gasteiger partial charge in [0.05, 0.1) is 12.8 Å². The monoisotopic (exact) mass is 374 g/mol. The van der Waals surface area contributed by atoms with Crippen molar-refractivity contribution in [2.45, 2.75) is 20.4 Å². The van der Waals surface area contributed by atoms with Crippen molar-refractivity contribution in [3.05, 3.63) is 29.7 Å². The summed E-state index contributed by atoms with van der Waals surface area (Å²) in [7, 11) is 1.71. The van der Waals surface area contributed by atoms with E-state index in [0.717, 1.165) is 64.5 Å². The van der Waals surface area contributed by atoms with Gasteiger partial charge in [-0.1, -0.05) is 13.8 Å². The van der Waals surface area contributed by atoms with E-state index in [1.165, 1.54) is 0 Å². The first-order valence-corrected chi connectivity index (χ1v) is 9.71. The molecule has 0 unspecified atom stereocenters. The molecule has 0 N–H and O–H groups in total. The Hall–Kier alpha value is -2.03. The lowest BCUT2D eigenvalue weighted by Gasteiger charge is -2.34. The van der Waals surface area contributed by atoms with Gasteiger partial charge in [-0.05, 0) is 13.1 Å². The Balaban J connectivity index is 1.67. The third-order valence-electron chi connectivity index (χ3n) is 5.21. The molecule has 1 fully saturated rings. The van der Waals surface area contributed by atoms with Gasteiger partial charge in [0.25, 0.3) is 5.91 Å². The zero-order valence-corrected chi connectivity index (χ0v) is 16.6. The first-order valence-electron chi connectivity index (χ1n) is 9.71. The van der Waals surface area contributed by atoms with E-state index in [2.05, 4.69) is 33.7 Å². The van der Waals surface area contributed by atoms with Crippen molar-refractivity contribution in [1.29, 1.82) is 0 Å². The normalized spacial score (nSPS) is 15.8. The van der Waals surface area contributed by atoms with Crippen molar-refractivity contribution in [2.75, 3.05) is 59.5 Å². The lowest BCUT2D eigenvalue weighted by atomic mass is 10.2. The predicted molar refractivity (Wildman–Crippen MR) is 104 cm³/mol. The van der Waals surface area contributed by atoms with Gasteiger partial charge in [0.1, 0.15) is 5.56 Å². The standard InChI is InChI=1S/C19H30N6O2/c1-4-22(5-2)14-16-12-20-18-17(13-21-25(18)15-16)19(26)24-8-6-23(7-9-24)10-11-27-3/h12-13,15H,4-11,14H2,1-3H3. The van der Waals surface area contributed by atoms with Gasteiger partial charge in [-0.2, -0.15) is 5.10 Å². The predicted octanol–water partition coefficient (Wildman–Crippen LogP) is 0.975. The molecule has 0 atom stereocenters. The van der Waals surface area contributed by atoms with Crippen molar-refractivity contribution in [3.63, 3.8) is 0 Å². The number of rotatable bonds is 8. The summed E-state index contributed by atoms with van der Waals surface area (Å²) >= 11 is 0. The molecule has 0 radical (unpaired) electrons. The van der Waals surface area contributed by atoms with Gasteiger partial charge >= 0.3 is 0 Å². The minimum atomic E-state index is 0.0142. The minimum absolute atomic E-state index is 0.0142. The van der Waals surface area contributed by atoms with Crippen LogP contribution < -0.4 is 0 Å². The quantitative estimate of drug-likeness (QED) is 0.686. The summed E-state index contributed by atoms with van der Waals surface area (Å²) in [5, 5.41) is 4.37. The van der Waals surface area contributed by atoms with Crippen molar-refractivity contribution in [1.82, 2.24) is 29.3 Å². The molecule has 2 aromatic heterocycles. The maximum atomic E-state index is 12.9. The van der Waals surface area contributed by atoms with Gasteiger partial charge in [0.15, 0.2) is 5.65 Å². The van der Waals surface area contributed by atoms with E-state index < -0.39 is 0 Å². The van der Waals surface area contributed by atoms with Crippen LogP contribution in [0, 0.1) is 0 Å². The van der Waals surface area contributed by atoms with E-state index in [1.807, 2.05) is 17.3 Å². The van der Waals surface area contributed by atoms with Crippen molar-refractivity contribution < 1.29 is 9.53 Å². The number of carbonyl (C=O) groups excluding carboxylic acids is 1. The number of methoxy groups -OCH3 is 1. The van der Waals surface area contributed by atoms with Crippen molar-refractivity contribution in [2.24, 2.45) is 0 Å². The lowest BCUT2D eigenvalue weighted by molar-refractivity contribution is 0.0595. The smallest absolute Gasteiger partial charge is 0.259 e. The van der Waals surface area contributed by atoms with Gasteiger partial charge in [-0.3, -0.25) is 14.6 Å². The summed E-state index contributed by atoms with van der Waals surface area (Å²) in [5.74, 6) is 0.0142. The van der Waals surface area contributed by atoms with Crippen LogP contribution in [0.1, 0.15) is 29.8 Å². The van der Waals surface area contributed by atoms with Crippen LogP contribution in [0.15, 0.2) is 18.6 Å². The molecule has 8 heteroatoms. The van der Waals surface area contributed by atoms with Gasteiger partial charge in [0, 0.05) is 64.3 Å². The summed E-state index contributed by atoms with van der Waals surface area (Å²) in [6.45, 7) is 11.9. The van der Waals surface area contributed by atoms with Crippen LogP contribution in [0.2, 0.25) is 0 Å². The highest BCUT2D eigenvalue weighted by Gasteiger charge is 2.24. The largest absolute Gasteiger partial charge is 0.383 e. The van der Waals surface area contributed by atoms with Gasteiger partial charge in [0.2, 0.25) is 0 Å². The maximum Gasteiger partial charge on any atom is 0.259 e. The Morgan fingerprint density at radius 1 is 1.19 bits per heavy atom. The van der Waals surface area contributed by atoms with Crippen LogP contribution in [-0.2, 0) is 11.3 Å². The van der Waals surface area contributed by atoms with E-state index in [9.17, 15) is 4.79 Å². The van der Waals surface area contributed by atoms with Crippen molar-refractivity contribution >= 4 is 11.6 Å². The number of nitrogens with zero attached hydrogens (tertiary/aromatic N) is 6. The fourth-order valence-corrected chi connectivity index (χ4v) is 3.42. The molecule has 1 saturated heterocycles. The number of carbonyl (C=O) groups is 1. The second-order valence-corrected chi connectivity index (χ2v) is 6.88. The zero-order chi connectivity index (χ0) is 19.2. The minimum Gasteiger partial charge on any atom is -0.383 e. The second kappa shape index (κ2) is 9.25. The molecule has 148 valence electrons. The molecule has 1 aliphatic rings. The number of ether oxygens (including phenoxy) is 1. The Kier molecular flexibility index (Phi) is 6.76. The lowest BCUT2D eigenvalue weighted by Crippen LogP contribution is -2.49. The molecule has 1 aliphatic heterocycles. The summed E-state index contributed by atoms with van der Waals surface area (Å²) in [6, 6.07) is 0. The number of fused-ring (bicyclic) bond motifs is 1.